The molecule has 0 aliphatic heterocycles. The molecule has 0 bridgehead atoms. The van der Waals surface area contributed by atoms with Crippen LogP contribution in [0, 0.1) is 0 Å². The van der Waals surface area contributed by atoms with Gasteiger partial charge in [0.2, 0.25) is 15.9 Å². The van der Waals surface area contributed by atoms with Gasteiger partial charge in [0.15, 0.2) is 0 Å². The third-order valence-corrected chi connectivity index (χ3v) is 5.31. The Morgan fingerprint density at radius 1 is 1.16 bits per heavy atom. The van der Waals surface area contributed by atoms with E-state index in [-0.39, 0.29) is 16.8 Å². The Hall–Kier alpha value is -1.48. The summed E-state index contributed by atoms with van der Waals surface area (Å²) in [4.78, 5) is 12.0. The van der Waals surface area contributed by atoms with Crippen LogP contribution in [0.25, 0.3) is 0 Å². The molecular weight excluding hydrogens is 344 g/mol. The van der Waals surface area contributed by atoms with Gasteiger partial charge in [-0.1, -0.05) is 12.1 Å². The zero-order chi connectivity index (χ0) is 18.1. The van der Waals surface area contributed by atoms with E-state index >= 15 is 0 Å². The van der Waals surface area contributed by atoms with E-state index in [9.17, 15) is 13.2 Å². The van der Waals surface area contributed by atoms with E-state index in [2.05, 4.69) is 10.0 Å². The zero-order valence-corrected chi connectivity index (χ0v) is 15.3. The number of nitrogens with one attached hydrogen (secondary N) is 2. The van der Waals surface area contributed by atoms with Gasteiger partial charge in [-0.25, -0.2) is 13.1 Å². The second-order valence-corrected chi connectivity index (χ2v) is 7.71. The molecule has 0 aromatic heterocycles. The van der Waals surface area contributed by atoms with Crippen LogP contribution in [0.5, 0.6) is 0 Å². The Morgan fingerprint density at radius 3 is 2.52 bits per heavy atom. The van der Waals surface area contributed by atoms with Gasteiger partial charge < -0.3 is 14.8 Å². The fourth-order valence-corrected chi connectivity index (χ4v) is 3.48. The van der Waals surface area contributed by atoms with E-state index in [0.29, 0.717) is 39.2 Å². The first kappa shape index (κ1) is 19.8. The van der Waals surface area contributed by atoms with Crippen LogP contribution in [-0.2, 0) is 30.7 Å². The maximum Gasteiger partial charge on any atom is 0.240 e. The van der Waals surface area contributed by atoms with Crippen molar-refractivity contribution in [2.45, 2.75) is 36.6 Å². The summed E-state index contributed by atoms with van der Waals surface area (Å²) in [5, 5.41) is 2.78. The van der Waals surface area contributed by atoms with Crippen LogP contribution in [-0.4, -0.2) is 53.8 Å². The molecule has 7 nitrogen and oxygen atoms in total. The number of aryl methyl sites for hydroxylation is 1. The second kappa shape index (κ2) is 9.86. The molecule has 1 saturated carbocycles. The third-order valence-electron chi connectivity index (χ3n) is 3.77. The van der Waals surface area contributed by atoms with E-state index in [0.717, 1.165) is 18.4 Å². The smallest absolute Gasteiger partial charge is 0.240 e. The molecule has 1 amide bonds. The van der Waals surface area contributed by atoms with Crippen molar-refractivity contribution in [3.8, 4) is 0 Å². The largest absolute Gasteiger partial charge is 0.382 e. The van der Waals surface area contributed by atoms with E-state index < -0.39 is 10.0 Å². The van der Waals surface area contributed by atoms with Gasteiger partial charge in [-0.05, 0) is 37.0 Å². The molecule has 0 unspecified atom stereocenters. The SMILES string of the molecule is COCCOCCNC(=O)CCc1ccc(S(=O)(=O)NC2CC2)cc1. The van der Waals surface area contributed by atoms with Gasteiger partial charge in [-0.2, -0.15) is 0 Å². The number of sulfonamides is 1. The first-order valence-corrected chi connectivity index (χ1v) is 9.94. The number of carbonyl (C=O) groups is 1. The second-order valence-electron chi connectivity index (χ2n) is 5.99. The molecule has 0 heterocycles. The summed E-state index contributed by atoms with van der Waals surface area (Å²) >= 11 is 0. The Kier molecular flexibility index (Phi) is 7.83. The average Bonchev–Trinajstić information content (AvgIpc) is 3.40. The van der Waals surface area contributed by atoms with E-state index in [4.69, 9.17) is 9.47 Å². The maximum atomic E-state index is 12.1. The number of benzene rings is 1. The van der Waals surface area contributed by atoms with Gasteiger partial charge in [-0.3, -0.25) is 4.79 Å². The highest BCUT2D eigenvalue weighted by atomic mass is 32.2. The van der Waals surface area contributed by atoms with Gasteiger partial charge in [-0.15, -0.1) is 0 Å². The topological polar surface area (TPSA) is 93.7 Å². The summed E-state index contributed by atoms with van der Waals surface area (Å²) in [5.41, 5.74) is 0.928. The summed E-state index contributed by atoms with van der Waals surface area (Å²) in [7, 11) is -1.81. The van der Waals surface area contributed by atoms with Crippen LogP contribution in [0.2, 0.25) is 0 Å². The van der Waals surface area contributed by atoms with Crippen molar-refractivity contribution >= 4 is 15.9 Å². The Balaban J connectivity index is 1.67. The number of carbonyl (C=O) groups excluding carboxylic acids is 1. The summed E-state index contributed by atoms with van der Waals surface area (Å²) in [6, 6.07) is 6.76. The predicted octanol–water partition coefficient (Wildman–Crippen LogP) is 0.839. The molecule has 25 heavy (non-hydrogen) atoms. The lowest BCUT2D eigenvalue weighted by atomic mass is 10.1. The molecule has 8 heteroatoms. The third kappa shape index (κ3) is 7.52. The molecule has 1 aromatic rings. The van der Waals surface area contributed by atoms with Crippen molar-refractivity contribution in [3.05, 3.63) is 29.8 Å². The predicted molar refractivity (Wildman–Crippen MR) is 93.8 cm³/mol. The summed E-state index contributed by atoms with van der Waals surface area (Å²) in [5.74, 6) is -0.0533. The number of hydrogen-bond donors (Lipinski definition) is 2. The van der Waals surface area contributed by atoms with E-state index in [1.165, 1.54) is 0 Å². The van der Waals surface area contributed by atoms with Crippen molar-refractivity contribution in [1.29, 1.82) is 0 Å². The lowest BCUT2D eigenvalue weighted by molar-refractivity contribution is -0.121. The van der Waals surface area contributed by atoms with Crippen molar-refractivity contribution in [2.24, 2.45) is 0 Å². The minimum Gasteiger partial charge on any atom is -0.382 e. The molecule has 1 aliphatic rings. The maximum absolute atomic E-state index is 12.1. The Morgan fingerprint density at radius 2 is 1.88 bits per heavy atom. The Labute approximate surface area is 149 Å². The molecule has 140 valence electrons. The van der Waals surface area contributed by atoms with Crippen LogP contribution < -0.4 is 10.0 Å². The average molecular weight is 370 g/mol. The minimum atomic E-state index is -3.42. The van der Waals surface area contributed by atoms with Crippen LogP contribution >= 0.6 is 0 Å². The highest BCUT2D eigenvalue weighted by Gasteiger charge is 2.27. The first-order valence-electron chi connectivity index (χ1n) is 8.46. The Bertz CT molecular complexity index is 642. The highest BCUT2D eigenvalue weighted by Crippen LogP contribution is 2.22. The first-order chi connectivity index (χ1) is 12.0. The quantitative estimate of drug-likeness (QED) is 0.532. The van der Waals surface area contributed by atoms with Crippen LogP contribution in [0.3, 0.4) is 0 Å². The number of amides is 1. The van der Waals surface area contributed by atoms with E-state index in [1.807, 2.05) is 0 Å². The van der Waals surface area contributed by atoms with Crippen molar-refractivity contribution < 1.29 is 22.7 Å². The summed E-state index contributed by atoms with van der Waals surface area (Å²) in [6.07, 6.45) is 2.73. The lowest BCUT2D eigenvalue weighted by Crippen LogP contribution is -2.27. The van der Waals surface area contributed by atoms with Crippen LogP contribution in [0.4, 0.5) is 0 Å². The molecule has 0 spiro atoms. The molecule has 1 aromatic carbocycles. The van der Waals surface area contributed by atoms with Gasteiger partial charge in [0.05, 0.1) is 24.7 Å². The summed E-state index contributed by atoms with van der Waals surface area (Å²) in [6.45, 7) is 1.97. The van der Waals surface area contributed by atoms with Gasteiger partial charge >= 0.3 is 0 Å². The number of methoxy groups -OCH3 is 1. The van der Waals surface area contributed by atoms with Crippen molar-refractivity contribution in [1.82, 2.24) is 10.0 Å². The number of hydrogen-bond acceptors (Lipinski definition) is 5. The fourth-order valence-electron chi connectivity index (χ4n) is 2.18. The van der Waals surface area contributed by atoms with Crippen LogP contribution in [0.15, 0.2) is 29.2 Å². The van der Waals surface area contributed by atoms with Gasteiger partial charge in [0.1, 0.15) is 0 Å². The zero-order valence-electron chi connectivity index (χ0n) is 14.5. The molecule has 1 fully saturated rings. The van der Waals surface area contributed by atoms with Crippen molar-refractivity contribution in [3.63, 3.8) is 0 Å². The van der Waals surface area contributed by atoms with E-state index in [1.54, 1.807) is 31.4 Å². The van der Waals surface area contributed by atoms with Crippen LogP contribution in [0.1, 0.15) is 24.8 Å². The normalized spacial score (nSPS) is 14.4. The molecule has 1 aliphatic carbocycles. The minimum absolute atomic E-state index is 0.0533. The monoisotopic (exact) mass is 370 g/mol. The molecular formula is C17H26N2O5S. The molecule has 0 radical (unpaired) electrons. The highest BCUT2D eigenvalue weighted by molar-refractivity contribution is 7.89. The van der Waals surface area contributed by atoms with Gasteiger partial charge in [0, 0.05) is 26.1 Å². The molecule has 2 N–H and O–H groups in total. The van der Waals surface area contributed by atoms with Gasteiger partial charge in [0.25, 0.3) is 0 Å². The molecule has 2 rings (SSSR count). The summed E-state index contributed by atoms with van der Waals surface area (Å²) < 4.78 is 36.9. The number of ether oxygens (including phenoxy) is 2. The lowest BCUT2D eigenvalue weighted by Gasteiger charge is -2.08. The fraction of sp³-hybridized carbons (Fsp3) is 0.588. The number of rotatable bonds is 12. The molecule has 0 atom stereocenters. The molecule has 0 saturated heterocycles. The standard InChI is InChI=1S/C17H26N2O5S/c1-23-12-13-24-11-10-18-17(20)9-4-14-2-7-16(8-3-14)25(21,22)19-15-5-6-15/h2-3,7-8,15,19H,4-6,9-13H2,1H3,(H,18,20). The van der Waals surface area contributed by atoms with Crippen molar-refractivity contribution in [2.75, 3.05) is 33.5 Å².